The molecule has 0 spiro atoms. The van der Waals surface area contributed by atoms with Crippen molar-refractivity contribution in [3.63, 3.8) is 0 Å². The lowest BCUT2D eigenvalue weighted by molar-refractivity contribution is -0.122. The summed E-state index contributed by atoms with van der Waals surface area (Å²) < 4.78 is 29.1. The molecule has 0 bridgehead atoms. The van der Waals surface area contributed by atoms with Crippen LogP contribution in [0.2, 0.25) is 5.02 Å². The topological polar surface area (TPSA) is 66.5 Å². The summed E-state index contributed by atoms with van der Waals surface area (Å²) in [4.78, 5) is 13.5. The quantitative estimate of drug-likeness (QED) is 0.377. The van der Waals surface area contributed by atoms with Gasteiger partial charge in [0.05, 0.1) is 17.5 Å². The molecule has 0 saturated heterocycles. The molecule has 36 heavy (non-hydrogen) atoms. The molecule has 5 nitrogen and oxygen atoms in total. The maximum atomic E-state index is 13.9. The van der Waals surface area contributed by atoms with E-state index in [-0.39, 0.29) is 29.9 Å². The standard InChI is InChI=1S/C29H35ClN2O3S/c1-18-12-22(5)29(23(6)13-18)36(34,35)32(16-25-8-10-26(30)11-9-25)17-28(33)31-24(7)27-15-20(3)19(2)14-21(27)4/h8-15,24H,16-17H2,1-7H3,(H,31,33)/t24-/m0/s1. The third-order valence-electron chi connectivity index (χ3n) is 6.52. The Balaban J connectivity index is 1.93. The van der Waals surface area contributed by atoms with Crippen LogP contribution in [0.5, 0.6) is 0 Å². The molecule has 0 fully saturated rings. The SMILES string of the molecule is Cc1cc(C)c(S(=O)(=O)N(CC(=O)N[C@@H](C)c2cc(C)c(C)cc2C)Cc2ccc(Cl)cc2)c(C)c1. The van der Waals surface area contributed by atoms with Gasteiger partial charge in [0.25, 0.3) is 0 Å². The van der Waals surface area contributed by atoms with Crippen molar-refractivity contribution in [1.82, 2.24) is 9.62 Å². The first-order chi connectivity index (χ1) is 16.8. The molecule has 0 saturated carbocycles. The second kappa shape index (κ2) is 11.2. The van der Waals surface area contributed by atoms with Crippen molar-refractivity contribution >= 4 is 27.5 Å². The summed E-state index contributed by atoms with van der Waals surface area (Å²) in [5.74, 6) is -0.361. The highest BCUT2D eigenvalue weighted by Gasteiger charge is 2.30. The normalized spacial score (nSPS) is 12.6. The number of rotatable bonds is 8. The maximum Gasteiger partial charge on any atom is 0.244 e. The van der Waals surface area contributed by atoms with E-state index in [0.29, 0.717) is 16.1 Å². The van der Waals surface area contributed by atoms with Crippen molar-refractivity contribution < 1.29 is 13.2 Å². The molecule has 0 aliphatic heterocycles. The molecule has 0 aliphatic rings. The average Bonchev–Trinajstić information content (AvgIpc) is 2.76. The molecule has 0 unspecified atom stereocenters. The van der Waals surface area contributed by atoms with E-state index in [0.717, 1.165) is 27.8 Å². The number of carbonyl (C=O) groups is 1. The van der Waals surface area contributed by atoms with Crippen molar-refractivity contribution in [3.8, 4) is 0 Å². The molecule has 3 aromatic carbocycles. The summed E-state index contributed by atoms with van der Waals surface area (Å²) in [5.41, 5.74) is 7.50. The molecular weight excluding hydrogens is 492 g/mol. The minimum atomic E-state index is -3.96. The Morgan fingerprint density at radius 3 is 2.00 bits per heavy atom. The minimum absolute atomic E-state index is 0.0523. The van der Waals surface area contributed by atoms with Crippen molar-refractivity contribution in [2.24, 2.45) is 0 Å². The summed E-state index contributed by atoms with van der Waals surface area (Å²) in [6.45, 7) is 13.3. The Morgan fingerprint density at radius 2 is 1.42 bits per heavy atom. The van der Waals surface area contributed by atoms with Crippen LogP contribution < -0.4 is 5.32 Å². The van der Waals surface area contributed by atoms with Gasteiger partial charge in [0.15, 0.2) is 0 Å². The van der Waals surface area contributed by atoms with Crippen LogP contribution >= 0.6 is 11.6 Å². The van der Waals surface area contributed by atoms with Crippen molar-refractivity contribution in [3.05, 3.63) is 98.1 Å². The summed E-state index contributed by atoms with van der Waals surface area (Å²) in [6, 6.07) is 14.6. The first-order valence-electron chi connectivity index (χ1n) is 12.0. The lowest BCUT2D eigenvalue weighted by atomic mass is 9.96. The fourth-order valence-corrected chi connectivity index (χ4v) is 6.62. The zero-order valence-corrected chi connectivity index (χ0v) is 23.6. The Hall–Kier alpha value is -2.67. The summed E-state index contributed by atoms with van der Waals surface area (Å²) >= 11 is 6.03. The first-order valence-corrected chi connectivity index (χ1v) is 13.8. The van der Waals surface area contributed by atoms with E-state index in [4.69, 9.17) is 11.6 Å². The van der Waals surface area contributed by atoms with Gasteiger partial charge in [-0.2, -0.15) is 4.31 Å². The molecule has 0 aliphatic carbocycles. The molecule has 7 heteroatoms. The van der Waals surface area contributed by atoms with Gasteiger partial charge in [-0.3, -0.25) is 4.79 Å². The summed E-state index contributed by atoms with van der Waals surface area (Å²) in [6.07, 6.45) is 0. The smallest absolute Gasteiger partial charge is 0.244 e. The van der Waals surface area contributed by atoms with Crippen LogP contribution in [-0.2, 0) is 21.4 Å². The lowest BCUT2D eigenvalue weighted by Crippen LogP contribution is -2.41. The van der Waals surface area contributed by atoms with Crippen LogP contribution in [0, 0.1) is 41.5 Å². The molecule has 1 atom stereocenters. The number of hydrogen-bond acceptors (Lipinski definition) is 3. The van der Waals surface area contributed by atoms with Gasteiger partial charge in [-0.05, 0) is 99.5 Å². The second-order valence-corrected chi connectivity index (χ2v) is 12.0. The molecule has 3 rings (SSSR count). The minimum Gasteiger partial charge on any atom is -0.348 e. The maximum absolute atomic E-state index is 13.9. The van der Waals surface area contributed by atoms with E-state index in [1.807, 2.05) is 39.8 Å². The van der Waals surface area contributed by atoms with Gasteiger partial charge < -0.3 is 5.32 Å². The van der Waals surface area contributed by atoms with Gasteiger partial charge >= 0.3 is 0 Å². The highest BCUT2D eigenvalue weighted by molar-refractivity contribution is 7.89. The fraction of sp³-hybridized carbons (Fsp3) is 0.345. The van der Waals surface area contributed by atoms with Crippen LogP contribution in [0.3, 0.4) is 0 Å². The van der Waals surface area contributed by atoms with Crippen LogP contribution in [-0.4, -0.2) is 25.2 Å². The van der Waals surface area contributed by atoms with Gasteiger partial charge in [0, 0.05) is 11.6 Å². The van der Waals surface area contributed by atoms with Crippen LogP contribution in [0.25, 0.3) is 0 Å². The van der Waals surface area contributed by atoms with Gasteiger partial charge in [-0.1, -0.05) is 53.6 Å². The molecule has 192 valence electrons. The van der Waals surface area contributed by atoms with E-state index in [1.54, 1.807) is 38.1 Å². The number of nitrogens with zero attached hydrogens (tertiary/aromatic N) is 1. The molecule has 0 radical (unpaired) electrons. The zero-order valence-electron chi connectivity index (χ0n) is 22.1. The van der Waals surface area contributed by atoms with Gasteiger partial charge in [-0.25, -0.2) is 8.42 Å². The first kappa shape index (κ1) is 27.9. The van der Waals surface area contributed by atoms with Crippen molar-refractivity contribution in [2.75, 3.05) is 6.54 Å². The molecule has 3 aromatic rings. The van der Waals surface area contributed by atoms with Crippen molar-refractivity contribution in [2.45, 2.75) is 65.9 Å². The Bertz CT molecular complexity index is 1360. The van der Waals surface area contributed by atoms with E-state index in [2.05, 4.69) is 24.4 Å². The molecule has 0 heterocycles. The summed E-state index contributed by atoms with van der Waals surface area (Å²) in [5, 5.41) is 3.57. The van der Waals surface area contributed by atoms with Crippen LogP contribution in [0.4, 0.5) is 0 Å². The number of sulfonamides is 1. The van der Waals surface area contributed by atoms with Gasteiger partial charge in [0.1, 0.15) is 0 Å². The van der Waals surface area contributed by atoms with E-state index >= 15 is 0 Å². The summed E-state index contributed by atoms with van der Waals surface area (Å²) in [7, 11) is -3.96. The number of hydrogen-bond donors (Lipinski definition) is 1. The molecule has 1 amide bonds. The number of carbonyl (C=O) groups excluding carboxylic acids is 1. The molecule has 1 N–H and O–H groups in total. The predicted octanol–water partition coefficient (Wildman–Crippen LogP) is 6.26. The number of nitrogens with one attached hydrogen (secondary N) is 1. The number of amides is 1. The fourth-order valence-electron chi connectivity index (χ4n) is 4.70. The number of benzene rings is 3. The highest BCUT2D eigenvalue weighted by atomic mass is 35.5. The highest BCUT2D eigenvalue weighted by Crippen LogP contribution is 2.27. The number of halogens is 1. The predicted molar refractivity (Wildman–Crippen MR) is 147 cm³/mol. The molecular formula is C29H35ClN2O3S. The van der Waals surface area contributed by atoms with Crippen LogP contribution in [0.15, 0.2) is 53.4 Å². The van der Waals surface area contributed by atoms with E-state index < -0.39 is 10.0 Å². The van der Waals surface area contributed by atoms with Crippen molar-refractivity contribution in [1.29, 1.82) is 0 Å². The number of aryl methyl sites for hydroxylation is 6. The third kappa shape index (κ3) is 6.36. The average molecular weight is 527 g/mol. The monoisotopic (exact) mass is 526 g/mol. The van der Waals surface area contributed by atoms with E-state index in [1.165, 1.54) is 9.87 Å². The second-order valence-electron chi connectivity index (χ2n) is 9.71. The Kier molecular flexibility index (Phi) is 8.65. The van der Waals surface area contributed by atoms with Gasteiger partial charge in [0.2, 0.25) is 15.9 Å². The van der Waals surface area contributed by atoms with Crippen LogP contribution in [0.1, 0.15) is 57.5 Å². The lowest BCUT2D eigenvalue weighted by Gasteiger charge is -2.25. The molecule has 0 aromatic heterocycles. The van der Waals surface area contributed by atoms with E-state index in [9.17, 15) is 13.2 Å². The largest absolute Gasteiger partial charge is 0.348 e. The van der Waals surface area contributed by atoms with Gasteiger partial charge in [-0.15, -0.1) is 0 Å². The third-order valence-corrected chi connectivity index (χ3v) is 8.87. The Morgan fingerprint density at radius 1 is 0.861 bits per heavy atom. The Labute approximate surface area is 220 Å². The zero-order chi connectivity index (χ0) is 26.8.